The Balaban J connectivity index is 1.38. The van der Waals surface area contributed by atoms with Crippen molar-refractivity contribution >= 4 is 23.4 Å². The van der Waals surface area contributed by atoms with Gasteiger partial charge in [0, 0.05) is 56.3 Å². The Morgan fingerprint density at radius 2 is 1.56 bits per heavy atom. The Morgan fingerprint density at radius 1 is 0.912 bits per heavy atom. The zero-order valence-corrected chi connectivity index (χ0v) is 19.3. The summed E-state index contributed by atoms with van der Waals surface area (Å²) in [5.41, 5.74) is -0.204. The zero-order chi connectivity index (χ0) is 23.7. The highest BCUT2D eigenvalue weighted by Crippen LogP contribution is 2.44. The van der Waals surface area contributed by atoms with E-state index >= 15 is 4.39 Å². The molecule has 7 heteroatoms. The molecule has 2 aromatic carbocycles. The fourth-order valence-corrected chi connectivity index (χ4v) is 5.81. The Labute approximate surface area is 199 Å². The summed E-state index contributed by atoms with van der Waals surface area (Å²) in [6, 6.07) is 16.0. The highest BCUT2D eigenvalue weighted by molar-refractivity contribution is 6.11. The van der Waals surface area contributed by atoms with Gasteiger partial charge in [-0.15, -0.1) is 0 Å². The van der Waals surface area contributed by atoms with Crippen molar-refractivity contribution in [3.63, 3.8) is 0 Å². The maximum Gasteiger partial charge on any atom is 0.241 e. The molecule has 6 nitrogen and oxygen atoms in total. The van der Waals surface area contributed by atoms with Crippen LogP contribution in [0.1, 0.15) is 44.1 Å². The van der Waals surface area contributed by atoms with Crippen LogP contribution in [0.2, 0.25) is 0 Å². The smallest absolute Gasteiger partial charge is 0.241 e. The quantitative estimate of drug-likeness (QED) is 0.637. The summed E-state index contributed by atoms with van der Waals surface area (Å²) in [5, 5.41) is 0. The van der Waals surface area contributed by atoms with Crippen LogP contribution >= 0.6 is 0 Å². The maximum absolute atomic E-state index is 15.0. The number of anilines is 1. The number of benzene rings is 2. The van der Waals surface area contributed by atoms with Gasteiger partial charge in [0.1, 0.15) is 5.82 Å². The first-order chi connectivity index (χ1) is 16.5. The molecule has 0 radical (unpaired) electrons. The van der Waals surface area contributed by atoms with E-state index in [1.165, 1.54) is 11.0 Å². The molecule has 2 aromatic rings. The monoisotopic (exact) mass is 463 g/mol. The van der Waals surface area contributed by atoms with Crippen LogP contribution in [0.4, 0.5) is 10.1 Å². The molecule has 3 amide bonds. The number of nitrogens with zero attached hydrogens (tertiary/aromatic N) is 3. The number of amides is 3. The molecule has 1 atom stereocenters. The first kappa shape index (κ1) is 22.6. The van der Waals surface area contributed by atoms with Crippen molar-refractivity contribution in [2.45, 2.75) is 50.0 Å². The summed E-state index contributed by atoms with van der Waals surface area (Å²) < 4.78 is 15.0. The maximum atomic E-state index is 15.0. The van der Waals surface area contributed by atoms with E-state index in [1.807, 2.05) is 30.3 Å². The molecular formula is C27H30FN3O3. The number of piperazine rings is 1. The lowest BCUT2D eigenvalue weighted by Crippen LogP contribution is -2.51. The zero-order valence-electron chi connectivity index (χ0n) is 19.3. The van der Waals surface area contributed by atoms with Crippen molar-refractivity contribution in [2.75, 3.05) is 31.1 Å². The van der Waals surface area contributed by atoms with Gasteiger partial charge in [-0.25, -0.2) is 4.39 Å². The molecule has 0 bridgehead atoms. The van der Waals surface area contributed by atoms with Crippen molar-refractivity contribution in [1.29, 1.82) is 0 Å². The number of carbonyl (C=O) groups is 3. The molecule has 2 aliphatic heterocycles. The molecule has 1 saturated carbocycles. The third-order valence-corrected chi connectivity index (χ3v) is 7.64. The van der Waals surface area contributed by atoms with E-state index in [0.717, 1.165) is 31.4 Å². The second kappa shape index (κ2) is 9.20. The second-order valence-corrected chi connectivity index (χ2v) is 9.63. The van der Waals surface area contributed by atoms with E-state index < -0.39 is 17.1 Å². The number of likely N-dealkylation sites (tertiary alicyclic amines) is 1. The standard InChI is InChI=1S/C27H30FN3O3/c28-23-13-7-6-12-22(23)27(19-25(33)31(26(27)34)21-10-4-5-11-21)18-24(32)30-16-14-29(15-17-30)20-8-2-1-3-9-20/h1-3,6-9,12-13,21H,4-5,10-11,14-19H2/t27-/m1/s1. The van der Waals surface area contributed by atoms with Crippen molar-refractivity contribution in [1.82, 2.24) is 9.80 Å². The molecule has 0 N–H and O–H groups in total. The van der Waals surface area contributed by atoms with Gasteiger partial charge in [0.2, 0.25) is 17.7 Å². The van der Waals surface area contributed by atoms with E-state index in [-0.39, 0.29) is 36.3 Å². The van der Waals surface area contributed by atoms with Crippen molar-refractivity contribution in [2.24, 2.45) is 0 Å². The summed E-state index contributed by atoms with van der Waals surface area (Å²) in [4.78, 5) is 45.7. The van der Waals surface area contributed by atoms with E-state index in [2.05, 4.69) is 4.90 Å². The molecule has 0 unspecified atom stereocenters. The predicted molar refractivity (Wildman–Crippen MR) is 127 cm³/mol. The summed E-state index contributed by atoms with van der Waals surface area (Å²) >= 11 is 0. The Hall–Kier alpha value is -3.22. The van der Waals surface area contributed by atoms with Gasteiger partial charge in [-0.3, -0.25) is 19.3 Å². The predicted octanol–water partition coefficient (Wildman–Crippen LogP) is 3.50. The molecule has 5 rings (SSSR count). The summed E-state index contributed by atoms with van der Waals surface area (Å²) in [6.07, 6.45) is 3.16. The number of carbonyl (C=O) groups excluding carboxylic acids is 3. The topological polar surface area (TPSA) is 60.9 Å². The number of para-hydroxylation sites is 1. The normalized spacial score (nSPS) is 23.7. The lowest BCUT2D eigenvalue weighted by Gasteiger charge is -2.38. The molecule has 3 fully saturated rings. The summed E-state index contributed by atoms with van der Waals surface area (Å²) in [5.74, 6) is -1.45. The minimum absolute atomic E-state index is 0.141. The van der Waals surface area contributed by atoms with Crippen LogP contribution in [0, 0.1) is 5.82 Å². The first-order valence-corrected chi connectivity index (χ1v) is 12.2. The average molecular weight is 464 g/mol. The number of halogens is 1. The van der Waals surface area contributed by atoms with Gasteiger partial charge < -0.3 is 9.80 Å². The molecule has 0 aromatic heterocycles. The third-order valence-electron chi connectivity index (χ3n) is 7.64. The number of hydrogen-bond donors (Lipinski definition) is 0. The highest BCUT2D eigenvalue weighted by Gasteiger charge is 2.56. The SMILES string of the molecule is O=C(C[C@]1(c2ccccc2F)CC(=O)N(C2CCCC2)C1=O)N1CCN(c2ccccc2)CC1. The van der Waals surface area contributed by atoms with Crippen LogP contribution in [-0.2, 0) is 19.8 Å². The minimum atomic E-state index is -1.47. The lowest BCUT2D eigenvalue weighted by atomic mass is 9.75. The number of hydrogen-bond acceptors (Lipinski definition) is 4. The van der Waals surface area contributed by atoms with Crippen molar-refractivity contribution < 1.29 is 18.8 Å². The summed E-state index contributed by atoms with van der Waals surface area (Å²) in [7, 11) is 0. The lowest BCUT2D eigenvalue weighted by molar-refractivity contribution is -0.144. The highest BCUT2D eigenvalue weighted by atomic mass is 19.1. The van der Waals surface area contributed by atoms with Crippen LogP contribution in [0.15, 0.2) is 54.6 Å². The summed E-state index contributed by atoms with van der Waals surface area (Å²) in [6.45, 7) is 2.41. The van der Waals surface area contributed by atoms with E-state index in [0.29, 0.717) is 26.2 Å². The van der Waals surface area contributed by atoms with Gasteiger partial charge in [0.15, 0.2) is 0 Å². The fraction of sp³-hybridized carbons (Fsp3) is 0.444. The van der Waals surface area contributed by atoms with E-state index in [4.69, 9.17) is 0 Å². The van der Waals surface area contributed by atoms with Crippen molar-refractivity contribution in [3.05, 3.63) is 66.0 Å². The largest absolute Gasteiger partial charge is 0.368 e. The van der Waals surface area contributed by atoms with Gasteiger partial charge in [0.25, 0.3) is 0 Å². The van der Waals surface area contributed by atoms with Crippen LogP contribution in [0.25, 0.3) is 0 Å². The first-order valence-electron chi connectivity index (χ1n) is 12.2. The van der Waals surface area contributed by atoms with Crippen molar-refractivity contribution in [3.8, 4) is 0 Å². The Bertz CT molecular complexity index is 1080. The molecule has 3 aliphatic rings. The van der Waals surface area contributed by atoms with Crippen LogP contribution in [0.5, 0.6) is 0 Å². The molecule has 178 valence electrons. The molecular weight excluding hydrogens is 433 g/mol. The van der Waals surface area contributed by atoms with Crippen LogP contribution < -0.4 is 4.90 Å². The molecule has 34 heavy (non-hydrogen) atoms. The molecule has 1 aliphatic carbocycles. The van der Waals surface area contributed by atoms with Gasteiger partial charge in [0.05, 0.1) is 5.41 Å². The van der Waals surface area contributed by atoms with Gasteiger partial charge in [-0.1, -0.05) is 49.2 Å². The number of rotatable bonds is 5. The minimum Gasteiger partial charge on any atom is -0.368 e. The van der Waals surface area contributed by atoms with Gasteiger partial charge >= 0.3 is 0 Å². The number of imide groups is 1. The average Bonchev–Trinajstić information content (AvgIpc) is 3.46. The van der Waals surface area contributed by atoms with E-state index in [1.54, 1.807) is 23.1 Å². The van der Waals surface area contributed by atoms with Crippen LogP contribution in [0.3, 0.4) is 0 Å². The second-order valence-electron chi connectivity index (χ2n) is 9.63. The third kappa shape index (κ3) is 3.97. The van der Waals surface area contributed by atoms with Gasteiger partial charge in [-0.2, -0.15) is 0 Å². The Kier molecular flexibility index (Phi) is 6.11. The van der Waals surface area contributed by atoms with Crippen LogP contribution in [-0.4, -0.2) is 59.7 Å². The molecule has 0 spiro atoms. The Morgan fingerprint density at radius 3 is 2.24 bits per heavy atom. The fourth-order valence-electron chi connectivity index (χ4n) is 5.81. The molecule has 2 saturated heterocycles. The molecule has 2 heterocycles. The van der Waals surface area contributed by atoms with Gasteiger partial charge in [-0.05, 0) is 31.0 Å². The van der Waals surface area contributed by atoms with E-state index in [9.17, 15) is 14.4 Å².